The number of fused-ring (bicyclic) bond motifs is 2. The summed E-state index contributed by atoms with van der Waals surface area (Å²) in [6.07, 6.45) is 4.89. The number of anilines is 5. The molecule has 3 spiro atoms. The van der Waals surface area contributed by atoms with Crippen molar-refractivity contribution in [2.75, 3.05) is 70.6 Å². The number of nitrogens with zero attached hydrogens (tertiary/aromatic N) is 8. The number of hydrogen-bond donors (Lipinski definition) is 4. The number of carbonyl (C=O) groups is 3. The van der Waals surface area contributed by atoms with Crippen LogP contribution in [0.3, 0.4) is 0 Å². The molecule has 4 aromatic carbocycles. The summed E-state index contributed by atoms with van der Waals surface area (Å²) < 4.78 is 9.06. The van der Waals surface area contributed by atoms with E-state index in [0.717, 1.165) is 48.8 Å². The Kier molecular flexibility index (Phi) is 12.0. The van der Waals surface area contributed by atoms with E-state index in [9.17, 15) is 14.7 Å². The van der Waals surface area contributed by atoms with E-state index in [-0.39, 0.29) is 36.4 Å². The minimum Gasteiger partial charge on any atom is -0.432 e. The van der Waals surface area contributed by atoms with Gasteiger partial charge in [0.25, 0.3) is 17.7 Å². The van der Waals surface area contributed by atoms with Crippen LogP contribution in [0.25, 0.3) is 0 Å². The molecule has 0 bridgehead atoms. The summed E-state index contributed by atoms with van der Waals surface area (Å²) >= 11 is 0. The van der Waals surface area contributed by atoms with Crippen molar-refractivity contribution in [1.82, 2.24) is 25.6 Å². The minimum atomic E-state index is -3.03. The molecule has 5 fully saturated rings. The van der Waals surface area contributed by atoms with Crippen LogP contribution < -0.4 is 35.1 Å². The SMILES string of the molecule is C[C@H]1[C@H]([Si](C)(C)O)[C@@H](CCn2cc(CCO)nn2)O[C@]12C(=O)N(Cc1cccc(N3CN(c4ccccc4)C4(CCNCC4)C3=O)c1)c1ccc(N3CN(c4ccccc4)C4(CCNCC4)C3=O)cc12. The van der Waals surface area contributed by atoms with Gasteiger partial charge in [0.05, 0.1) is 37.4 Å². The first-order valence-electron chi connectivity index (χ1n) is 25.0. The van der Waals surface area contributed by atoms with Crippen molar-refractivity contribution < 1.29 is 29.0 Å². The lowest BCUT2D eigenvalue weighted by molar-refractivity contribution is -0.146. The Morgan fingerprint density at radius 1 is 0.729 bits per heavy atom. The van der Waals surface area contributed by atoms with Gasteiger partial charge >= 0.3 is 0 Å². The fraction of sp³-hybridized carbons (Fsp3) is 0.453. The average Bonchev–Trinajstić information content (AvgIpc) is 4.15. The number of ether oxygens (including phenoxy) is 1. The van der Waals surface area contributed by atoms with E-state index in [1.807, 2.05) is 120 Å². The van der Waals surface area contributed by atoms with Gasteiger partial charge in [-0.1, -0.05) is 60.7 Å². The molecule has 16 nitrogen and oxygen atoms in total. The van der Waals surface area contributed by atoms with Crippen LogP contribution in [0.15, 0.2) is 109 Å². The van der Waals surface area contributed by atoms with Gasteiger partial charge in [0.2, 0.25) is 0 Å². The number of carbonyl (C=O) groups excluding carboxylic acids is 3. The van der Waals surface area contributed by atoms with E-state index in [4.69, 9.17) is 4.74 Å². The van der Waals surface area contributed by atoms with E-state index in [1.54, 1.807) is 4.68 Å². The van der Waals surface area contributed by atoms with Gasteiger partial charge in [-0.2, -0.15) is 0 Å². The first-order chi connectivity index (χ1) is 33.9. The number of benzene rings is 4. The molecule has 366 valence electrons. The van der Waals surface area contributed by atoms with Crippen molar-refractivity contribution in [2.45, 2.75) is 100.0 Å². The third-order valence-corrected chi connectivity index (χ3v) is 18.8. The first-order valence-corrected chi connectivity index (χ1v) is 28.1. The molecular weight excluding hydrogens is 901 g/mol. The molecule has 0 saturated carbocycles. The van der Waals surface area contributed by atoms with Crippen LogP contribution in [0.4, 0.5) is 28.4 Å². The highest BCUT2D eigenvalue weighted by Crippen LogP contribution is 2.60. The molecule has 6 aliphatic heterocycles. The van der Waals surface area contributed by atoms with Crippen LogP contribution in [0.5, 0.6) is 0 Å². The molecule has 11 rings (SSSR count). The summed E-state index contributed by atoms with van der Waals surface area (Å²) in [5.74, 6) is -0.550. The van der Waals surface area contributed by atoms with Crippen molar-refractivity contribution in [3.05, 3.63) is 126 Å². The number of amides is 3. The second-order valence-electron chi connectivity index (χ2n) is 20.7. The molecule has 3 amide bonds. The highest BCUT2D eigenvalue weighted by molar-refractivity contribution is 6.71. The molecule has 1 aromatic heterocycles. The van der Waals surface area contributed by atoms with Gasteiger partial charge in [-0.25, -0.2) is 0 Å². The number of aliphatic hydroxyl groups is 1. The summed E-state index contributed by atoms with van der Waals surface area (Å²) in [5.41, 5.74) is 3.16. The summed E-state index contributed by atoms with van der Waals surface area (Å²) in [6.45, 7) is 10.2. The molecule has 0 unspecified atom stereocenters. The summed E-state index contributed by atoms with van der Waals surface area (Å²) in [4.78, 5) is 67.9. The zero-order valence-corrected chi connectivity index (χ0v) is 41.3. The first kappa shape index (κ1) is 46.4. The largest absolute Gasteiger partial charge is 0.432 e. The minimum absolute atomic E-state index is 0.0332. The topological polar surface area (TPSA) is 172 Å². The molecule has 17 heteroatoms. The quantitative estimate of drug-likeness (QED) is 0.122. The Bertz CT molecular complexity index is 2760. The van der Waals surface area contributed by atoms with Gasteiger partial charge in [-0.05, 0) is 132 Å². The van der Waals surface area contributed by atoms with E-state index in [2.05, 4.69) is 55.0 Å². The van der Waals surface area contributed by atoms with Crippen LogP contribution in [0, 0.1) is 5.92 Å². The monoisotopic (exact) mass is 964 g/mol. The highest BCUT2D eigenvalue weighted by Gasteiger charge is 2.66. The zero-order chi connectivity index (χ0) is 48.4. The molecule has 4 N–H and O–H groups in total. The van der Waals surface area contributed by atoms with Gasteiger partial charge in [0.15, 0.2) is 13.9 Å². The van der Waals surface area contributed by atoms with E-state index in [0.29, 0.717) is 81.0 Å². The Morgan fingerprint density at radius 3 is 1.87 bits per heavy atom. The average molecular weight is 965 g/mol. The molecule has 70 heavy (non-hydrogen) atoms. The summed E-state index contributed by atoms with van der Waals surface area (Å²) in [6, 6.07) is 34.2. The van der Waals surface area contributed by atoms with Crippen molar-refractivity contribution in [2.24, 2.45) is 5.92 Å². The van der Waals surface area contributed by atoms with Crippen LogP contribution >= 0.6 is 0 Å². The number of rotatable bonds is 12. The molecule has 6 aliphatic rings. The normalized spacial score (nSPS) is 25.1. The smallest absolute Gasteiger partial charge is 0.264 e. The van der Waals surface area contributed by atoms with E-state index < -0.39 is 37.0 Å². The Labute approximate surface area is 410 Å². The van der Waals surface area contributed by atoms with Crippen LogP contribution in [0.1, 0.15) is 55.8 Å². The predicted molar refractivity (Wildman–Crippen MR) is 271 cm³/mol. The predicted octanol–water partition coefficient (Wildman–Crippen LogP) is 5.11. The fourth-order valence-electron chi connectivity index (χ4n) is 12.9. The van der Waals surface area contributed by atoms with E-state index >= 15 is 9.59 Å². The molecule has 0 aliphatic carbocycles. The zero-order valence-electron chi connectivity index (χ0n) is 40.3. The van der Waals surface area contributed by atoms with Crippen molar-refractivity contribution >= 4 is 54.5 Å². The van der Waals surface area contributed by atoms with Gasteiger partial charge in [-0.3, -0.25) is 28.9 Å². The summed E-state index contributed by atoms with van der Waals surface area (Å²) in [5, 5.41) is 25.0. The molecule has 5 saturated heterocycles. The van der Waals surface area contributed by atoms with Crippen LogP contribution in [-0.4, -0.2) is 114 Å². The van der Waals surface area contributed by atoms with E-state index in [1.165, 1.54) is 0 Å². The fourth-order valence-corrected chi connectivity index (χ4v) is 15.5. The highest BCUT2D eigenvalue weighted by atomic mass is 28.4. The van der Waals surface area contributed by atoms with Gasteiger partial charge in [0.1, 0.15) is 11.1 Å². The molecule has 0 radical (unpaired) electrons. The van der Waals surface area contributed by atoms with Crippen molar-refractivity contribution in [3.63, 3.8) is 0 Å². The lowest BCUT2D eigenvalue weighted by Crippen LogP contribution is -2.55. The number of piperidine rings is 2. The number of aryl methyl sites for hydroxylation is 1. The van der Waals surface area contributed by atoms with Crippen molar-refractivity contribution in [3.8, 4) is 0 Å². The molecule has 4 atom stereocenters. The molecule has 5 aromatic rings. The lowest BCUT2D eigenvalue weighted by atomic mass is 9.82. The van der Waals surface area contributed by atoms with Crippen LogP contribution in [0.2, 0.25) is 18.6 Å². The maximum absolute atomic E-state index is 15.9. The summed E-state index contributed by atoms with van der Waals surface area (Å²) in [7, 11) is -3.03. The molecular formula is C53H64N10O6Si. The Hall–Kier alpha value is -5.95. The third kappa shape index (κ3) is 7.55. The lowest BCUT2D eigenvalue weighted by Gasteiger charge is -2.39. The standard InChI is InChI=1S/C53H64N10O6Si/c1-37-47(70(2,3)68)46(19-29-58-34-39(20-30-64)56-57-58)69-53(37)44-32-43(61-36-63(41-14-8-5-9-15-41)52(49(61)66)23-27-55-28-24-52)17-18-45(44)59(50(53)67)33-38-11-10-16-42(31-38)60-35-62(40-12-6-4-7-13-40)51(48(60)65)21-25-54-26-22-51/h4-18,31-32,34,37,46-47,54-55,64,68H,19-30,33,35-36H2,1-3H3/t37-,46+,47-,53+/m0/s1. The molecule has 7 heterocycles. The van der Waals surface area contributed by atoms with Crippen molar-refractivity contribution in [1.29, 1.82) is 0 Å². The number of aliphatic hydroxyl groups excluding tert-OH is 1. The number of aromatic nitrogens is 3. The number of para-hydroxylation sites is 2. The maximum atomic E-state index is 15.9. The number of nitrogens with one attached hydrogen (secondary N) is 2. The maximum Gasteiger partial charge on any atom is 0.264 e. The number of hydrogen-bond acceptors (Lipinski definition) is 12. The Balaban J connectivity index is 0.968. The van der Waals surface area contributed by atoms with Crippen LogP contribution in [-0.2, 0) is 44.2 Å². The van der Waals surface area contributed by atoms with Gasteiger partial charge < -0.3 is 40.0 Å². The second kappa shape index (κ2) is 18.0. The third-order valence-electron chi connectivity index (χ3n) is 16.3. The Morgan fingerprint density at radius 2 is 1.30 bits per heavy atom. The van der Waals surface area contributed by atoms with Gasteiger partial charge in [0, 0.05) is 65.5 Å². The second-order valence-corrected chi connectivity index (χ2v) is 24.7. The van der Waals surface area contributed by atoms with Gasteiger partial charge in [-0.15, -0.1) is 5.10 Å².